The van der Waals surface area contributed by atoms with E-state index >= 15 is 0 Å². The van der Waals surface area contributed by atoms with E-state index in [-0.39, 0.29) is 5.91 Å². The number of carbonyl (C=O) groups excluding carboxylic acids is 1. The molecule has 0 spiro atoms. The van der Waals surface area contributed by atoms with Crippen LogP contribution in [0.25, 0.3) is 16.7 Å². The van der Waals surface area contributed by atoms with Gasteiger partial charge in [0.25, 0.3) is 5.52 Å². The Hall–Kier alpha value is -2.70. The van der Waals surface area contributed by atoms with Gasteiger partial charge in [-0.1, -0.05) is 0 Å². The van der Waals surface area contributed by atoms with E-state index in [9.17, 15) is 10.0 Å². The van der Waals surface area contributed by atoms with E-state index in [1.165, 1.54) is 6.92 Å². The minimum atomic E-state index is -0.195. The minimum absolute atomic E-state index is 0.195. The van der Waals surface area contributed by atoms with Gasteiger partial charge in [-0.25, -0.2) is 4.52 Å². The van der Waals surface area contributed by atoms with Gasteiger partial charge in [0, 0.05) is 29.8 Å². The molecule has 1 aromatic carbocycles. The van der Waals surface area contributed by atoms with Crippen molar-refractivity contribution in [3.63, 3.8) is 0 Å². The molecule has 0 fully saturated rings. The molecule has 0 aliphatic heterocycles. The summed E-state index contributed by atoms with van der Waals surface area (Å²) in [5.41, 5.74) is 2.00. The van der Waals surface area contributed by atoms with Crippen molar-refractivity contribution < 1.29 is 9.64 Å². The number of carbonyl (C=O) groups is 1. The topological polar surface area (TPSA) is 86.2 Å². The molecule has 90 valence electrons. The third-order valence-electron chi connectivity index (χ3n) is 2.55. The lowest BCUT2D eigenvalue weighted by molar-refractivity contribution is -0.640. The summed E-state index contributed by atoms with van der Waals surface area (Å²) in [5.74, 6) is -0.195. The molecule has 1 N–H and O–H groups in total. The predicted molar refractivity (Wildman–Crippen MR) is 63.8 cm³/mol. The zero-order valence-corrected chi connectivity index (χ0v) is 9.49. The molecule has 0 saturated heterocycles. The number of rotatable bonds is 1. The lowest BCUT2D eigenvalue weighted by Gasteiger charge is -2.04. The van der Waals surface area contributed by atoms with Crippen LogP contribution in [0.1, 0.15) is 6.92 Å². The summed E-state index contributed by atoms with van der Waals surface area (Å²) in [6, 6.07) is 6.65. The smallest absolute Gasteiger partial charge is 0.272 e. The Labute approximate surface area is 101 Å². The maximum absolute atomic E-state index is 11.8. The van der Waals surface area contributed by atoms with Gasteiger partial charge < -0.3 is 10.5 Å². The van der Waals surface area contributed by atoms with Gasteiger partial charge in [0.05, 0.1) is 6.20 Å². The highest BCUT2D eigenvalue weighted by atomic mass is 16.5. The van der Waals surface area contributed by atoms with E-state index in [0.717, 1.165) is 0 Å². The van der Waals surface area contributed by atoms with Gasteiger partial charge in [-0.15, -0.1) is 0 Å². The number of benzene rings is 1. The van der Waals surface area contributed by atoms with Gasteiger partial charge in [0.15, 0.2) is 0 Å². The Bertz CT molecular complexity index is 765. The van der Waals surface area contributed by atoms with E-state index in [2.05, 4.69) is 15.5 Å². The number of fused-ring (bicyclic) bond motifs is 3. The van der Waals surface area contributed by atoms with Crippen molar-refractivity contribution >= 4 is 28.3 Å². The number of amides is 1. The summed E-state index contributed by atoms with van der Waals surface area (Å²) >= 11 is 0. The van der Waals surface area contributed by atoms with Gasteiger partial charge in [0.2, 0.25) is 11.6 Å². The molecule has 0 atom stereocenters. The van der Waals surface area contributed by atoms with Crippen LogP contribution in [0.3, 0.4) is 0 Å². The zero-order chi connectivity index (χ0) is 12.7. The maximum atomic E-state index is 11.8. The van der Waals surface area contributed by atoms with E-state index in [1.54, 1.807) is 35.0 Å². The average Bonchev–Trinajstić information content (AvgIpc) is 2.76. The molecule has 0 bridgehead atoms. The second-order valence-electron chi connectivity index (χ2n) is 3.86. The molecule has 2 aromatic heterocycles. The van der Waals surface area contributed by atoms with Crippen LogP contribution in [0.5, 0.6) is 0 Å². The molecular formula is C11H9N5O2. The molecule has 18 heavy (non-hydrogen) atoms. The second-order valence-corrected chi connectivity index (χ2v) is 3.86. The second kappa shape index (κ2) is 3.66. The van der Waals surface area contributed by atoms with Crippen LogP contribution in [0, 0.1) is 5.21 Å². The molecule has 2 heterocycles. The largest absolute Gasteiger partial charge is 0.594 e. The van der Waals surface area contributed by atoms with Crippen LogP contribution in [0.2, 0.25) is 0 Å². The molecule has 0 unspecified atom stereocenters. The summed E-state index contributed by atoms with van der Waals surface area (Å²) in [6.45, 7) is 1.41. The Morgan fingerprint density at radius 3 is 3.06 bits per heavy atom. The van der Waals surface area contributed by atoms with Crippen molar-refractivity contribution in [2.24, 2.45) is 0 Å². The Balaban J connectivity index is 2.30. The van der Waals surface area contributed by atoms with Gasteiger partial charge in [-0.05, 0) is 17.0 Å². The van der Waals surface area contributed by atoms with Crippen molar-refractivity contribution in [2.75, 3.05) is 5.32 Å². The van der Waals surface area contributed by atoms with Gasteiger partial charge in [0.1, 0.15) is 5.52 Å². The van der Waals surface area contributed by atoms with Gasteiger partial charge >= 0.3 is 0 Å². The van der Waals surface area contributed by atoms with E-state index < -0.39 is 0 Å². The van der Waals surface area contributed by atoms with Crippen LogP contribution in [-0.4, -0.2) is 20.6 Å². The Kier molecular flexibility index (Phi) is 2.12. The summed E-state index contributed by atoms with van der Waals surface area (Å²) in [4.78, 5) is 11.5. The standard InChI is InChI=1S/C11H9N5O2/c1-7(17)13-8-2-3-9-10(6-8)16(18)14-11-4-5-12-15(9)11/h2-6H,1H3,(H,13,17). The van der Waals surface area contributed by atoms with Crippen molar-refractivity contribution in [1.29, 1.82) is 0 Å². The fourth-order valence-corrected chi connectivity index (χ4v) is 1.84. The monoisotopic (exact) mass is 243 g/mol. The molecule has 0 saturated carbocycles. The first-order chi connectivity index (χ1) is 8.65. The van der Waals surface area contributed by atoms with Crippen LogP contribution < -0.4 is 10.2 Å². The summed E-state index contributed by atoms with van der Waals surface area (Å²) in [7, 11) is 0. The molecule has 3 aromatic rings. The van der Waals surface area contributed by atoms with Crippen molar-refractivity contribution in [2.45, 2.75) is 6.92 Å². The highest BCUT2D eigenvalue weighted by Crippen LogP contribution is 2.16. The lowest BCUT2D eigenvalue weighted by atomic mass is 10.2. The number of aromatic nitrogens is 4. The summed E-state index contributed by atoms with van der Waals surface area (Å²) in [6.07, 6.45) is 1.57. The highest BCUT2D eigenvalue weighted by molar-refractivity contribution is 5.91. The maximum Gasteiger partial charge on any atom is 0.272 e. The molecule has 3 rings (SSSR count). The first kappa shape index (κ1) is 10.5. The van der Waals surface area contributed by atoms with Crippen LogP contribution in [0.4, 0.5) is 5.69 Å². The first-order valence-electron chi connectivity index (χ1n) is 5.30. The molecule has 0 aliphatic carbocycles. The lowest BCUT2D eigenvalue weighted by Crippen LogP contribution is -2.33. The number of nitrogens with zero attached hydrogens (tertiary/aromatic N) is 4. The number of anilines is 1. The molecule has 7 heteroatoms. The molecule has 0 aliphatic rings. The molecule has 1 amide bonds. The normalized spacial score (nSPS) is 10.9. The van der Waals surface area contributed by atoms with Crippen molar-refractivity contribution in [3.05, 3.63) is 35.7 Å². The Morgan fingerprint density at radius 2 is 2.28 bits per heavy atom. The molecular weight excluding hydrogens is 234 g/mol. The van der Waals surface area contributed by atoms with E-state index in [1.807, 2.05) is 0 Å². The Morgan fingerprint density at radius 1 is 1.44 bits per heavy atom. The highest BCUT2D eigenvalue weighted by Gasteiger charge is 2.12. The van der Waals surface area contributed by atoms with Crippen molar-refractivity contribution in [3.8, 4) is 0 Å². The minimum Gasteiger partial charge on any atom is -0.594 e. The van der Waals surface area contributed by atoms with Crippen molar-refractivity contribution in [1.82, 2.24) is 14.7 Å². The van der Waals surface area contributed by atoms with E-state index in [0.29, 0.717) is 27.2 Å². The number of hydrogen-bond acceptors (Lipinski definition) is 4. The fraction of sp³-hybridized carbons (Fsp3) is 0.0909. The third kappa shape index (κ3) is 1.53. The fourth-order valence-electron chi connectivity index (χ4n) is 1.84. The third-order valence-corrected chi connectivity index (χ3v) is 2.55. The van der Waals surface area contributed by atoms with Crippen LogP contribution in [-0.2, 0) is 4.79 Å². The molecule has 7 nitrogen and oxygen atoms in total. The summed E-state index contributed by atoms with van der Waals surface area (Å²) < 4.78 is 1.57. The average molecular weight is 243 g/mol. The first-order valence-corrected chi connectivity index (χ1v) is 5.30. The zero-order valence-electron chi connectivity index (χ0n) is 9.49. The van der Waals surface area contributed by atoms with Gasteiger partial charge in [-0.2, -0.15) is 5.10 Å². The number of nitrogens with one attached hydrogen (secondary N) is 1. The van der Waals surface area contributed by atoms with Gasteiger partial charge in [-0.3, -0.25) is 4.79 Å². The van der Waals surface area contributed by atoms with Crippen LogP contribution >= 0.6 is 0 Å². The number of hydrogen-bond donors (Lipinski definition) is 1. The SMILES string of the molecule is CC(=O)Nc1ccc2c(c1)[n+]([O-])nc1ccnn12. The molecule has 0 radical (unpaired) electrons. The summed E-state index contributed by atoms with van der Waals surface area (Å²) in [5, 5.41) is 22.3. The van der Waals surface area contributed by atoms with E-state index in [4.69, 9.17) is 0 Å². The predicted octanol–water partition coefficient (Wildman–Crippen LogP) is 0.474. The quantitative estimate of drug-likeness (QED) is 0.497. The van der Waals surface area contributed by atoms with Crippen LogP contribution in [0.15, 0.2) is 30.5 Å².